The third-order valence-electron chi connectivity index (χ3n) is 2.94. The zero-order valence-corrected chi connectivity index (χ0v) is 17.0. The van der Waals surface area contributed by atoms with Crippen molar-refractivity contribution in [1.29, 1.82) is 0 Å². The smallest absolute Gasteiger partial charge is 0.222 e. The number of amides is 1. The van der Waals surface area contributed by atoms with Crippen molar-refractivity contribution in [3.05, 3.63) is 15.6 Å². The number of aliphatic imine (C=N–C) groups is 1. The lowest BCUT2D eigenvalue weighted by atomic mass is 10.2. The van der Waals surface area contributed by atoms with Gasteiger partial charge in [-0.2, -0.15) is 0 Å². The van der Waals surface area contributed by atoms with Crippen LogP contribution in [0.3, 0.4) is 0 Å². The lowest BCUT2D eigenvalue weighted by Gasteiger charge is -2.12. The van der Waals surface area contributed by atoms with E-state index in [0.29, 0.717) is 25.6 Å². The molecule has 22 heavy (non-hydrogen) atoms. The molecule has 0 radical (unpaired) electrons. The molecule has 1 amide bonds. The van der Waals surface area contributed by atoms with Crippen LogP contribution < -0.4 is 16.0 Å². The summed E-state index contributed by atoms with van der Waals surface area (Å²) in [6, 6.07) is 0. The lowest BCUT2D eigenvalue weighted by molar-refractivity contribution is -0.123. The Morgan fingerprint density at radius 3 is 2.36 bits per heavy atom. The molecule has 126 valence electrons. The van der Waals surface area contributed by atoms with Gasteiger partial charge in [-0.3, -0.25) is 9.79 Å². The Hall–Kier alpha value is -0.900. The van der Waals surface area contributed by atoms with Crippen LogP contribution in [0.1, 0.15) is 29.4 Å². The highest BCUT2D eigenvalue weighted by Gasteiger charge is 2.06. The lowest BCUT2D eigenvalue weighted by Crippen LogP contribution is -2.41. The summed E-state index contributed by atoms with van der Waals surface area (Å²) in [5.74, 6) is 0.784. The molecule has 1 heterocycles. The van der Waals surface area contributed by atoms with E-state index in [0.717, 1.165) is 10.7 Å². The molecule has 0 aliphatic heterocycles. The fourth-order valence-electron chi connectivity index (χ4n) is 1.57. The van der Waals surface area contributed by atoms with E-state index in [-0.39, 0.29) is 35.8 Å². The van der Waals surface area contributed by atoms with E-state index in [1.54, 1.807) is 18.4 Å². The van der Waals surface area contributed by atoms with Crippen LogP contribution in [0.5, 0.6) is 0 Å². The SMILES string of the molecule is CN=C(NCCNC(=O)C(C)C)NCc1nc(C)c(C)s1.I. The van der Waals surface area contributed by atoms with Crippen LogP contribution in [0.4, 0.5) is 0 Å². The van der Waals surface area contributed by atoms with E-state index in [2.05, 4.69) is 32.9 Å². The molecule has 0 aliphatic rings. The second-order valence-corrected chi connectivity index (χ2v) is 6.34. The second kappa shape index (κ2) is 10.8. The standard InChI is InChI=1S/C14H25N5OS.HI/c1-9(2)13(20)16-6-7-17-14(15-5)18-8-12-19-10(3)11(4)21-12;/h9H,6-8H2,1-5H3,(H,16,20)(H2,15,17,18);1H. The summed E-state index contributed by atoms with van der Waals surface area (Å²) in [4.78, 5) is 21.3. The van der Waals surface area contributed by atoms with Crippen molar-refractivity contribution in [2.45, 2.75) is 34.2 Å². The molecule has 0 bridgehead atoms. The number of nitrogens with zero attached hydrogens (tertiary/aromatic N) is 2. The van der Waals surface area contributed by atoms with Crippen LogP contribution in [-0.2, 0) is 11.3 Å². The van der Waals surface area contributed by atoms with Gasteiger partial charge in [0.25, 0.3) is 0 Å². The number of thiazole rings is 1. The molecule has 6 nitrogen and oxygen atoms in total. The number of hydrogen-bond donors (Lipinski definition) is 3. The van der Waals surface area contributed by atoms with Crippen molar-refractivity contribution in [2.75, 3.05) is 20.1 Å². The predicted molar refractivity (Wildman–Crippen MR) is 103 cm³/mol. The van der Waals surface area contributed by atoms with E-state index in [4.69, 9.17) is 0 Å². The number of carbonyl (C=O) groups excluding carboxylic acids is 1. The highest BCUT2D eigenvalue weighted by molar-refractivity contribution is 14.0. The number of guanidine groups is 1. The van der Waals surface area contributed by atoms with E-state index in [9.17, 15) is 4.79 Å². The van der Waals surface area contributed by atoms with Gasteiger partial charge < -0.3 is 16.0 Å². The Balaban J connectivity index is 0.00000441. The van der Waals surface area contributed by atoms with Crippen LogP contribution in [-0.4, -0.2) is 37.0 Å². The Bertz CT molecular complexity index is 482. The number of aryl methyl sites for hydroxylation is 2. The maximum atomic E-state index is 11.4. The van der Waals surface area contributed by atoms with Gasteiger partial charge in [-0.1, -0.05) is 13.8 Å². The van der Waals surface area contributed by atoms with Gasteiger partial charge in [0, 0.05) is 30.9 Å². The van der Waals surface area contributed by atoms with Gasteiger partial charge in [0.2, 0.25) is 5.91 Å². The maximum absolute atomic E-state index is 11.4. The van der Waals surface area contributed by atoms with Crippen molar-refractivity contribution in [2.24, 2.45) is 10.9 Å². The molecular formula is C14H26IN5OS. The quantitative estimate of drug-likeness (QED) is 0.274. The van der Waals surface area contributed by atoms with Gasteiger partial charge in [-0.05, 0) is 13.8 Å². The van der Waals surface area contributed by atoms with Crippen LogP contribution in [0.15, 0.2) is 4.99 Å². The fraction of sp³-hybridized carbons (Fsp3) is 0.643. The monoisotopic (exact) mass is 439 g/mol. The van der Waals surface area contributed by atoms with Crippen molar-refractivity contribution in [3.63, 3.8) is 0 Å². The van der Waals surface area contributed by atoms with Crippen LogP contribution in [0, 0.1) is 19.8 Å². The summed E-state index contributed by atoms with van der Waals surface area (Å²) in [6.45, 7) is 9.70. The first-order valence-electron chi connectivity index (χ1n) is 7.09. The number of carbonyl (C=O) groups is 1. The summed E-state index contributed by atoms with van der Waals surface area (Å²) in [7, 11) is 1.72. The zero-order chi connectivity index (χ0) is 15.8. The highest BCUT2D eigenvalue weighted by Crippen LogP contribution is 2.15. The first-order chi connectivity index (χ1) is 9.93. The largest absolute Gasteiger partial charge is 0.355 e. The van der Waals surface area contributed by atoms with Crippen LogP contribution >= 0.6 is 35.3 Å². The second-order valence-electron chi connectivity index (χ2n) is 5.05. The zero-order valence-electron chi connectivity index (χ0n) is 13.8. The molecule has 0 aromatic carbocycles. The minimum Gasteiger partial charge on any atom is -0.355 e. The topological polar surface area (TPSA) is 78.4 Å². The molecule has 0 unspecified atom stereocenters. The average molecular weight is 439 g/mol. The molecule has 0 saturated heterocycles. The minimum absolute atomic E-state index is 0. The molecule has 1 aromatic heterocycles. The normalized spacial score (nSPS) is 11.1. The van der Waals surface area contributed by atoms with E-state index < -0.39 is 0 Å². The van der Waals surface area contributed by atoms with Crippen molar-refractivity contribution in [3.8, 4) is 0 Å². The first-order valence-corrected chi connectivity index (χ1v) is 7.90. The summed E-state index contributed by atoms with van der Waals surface area (Å²) in [5, 5.41) is 10.3. The summed E-state index contributed by atoms with van der Waals surface area (Å²) in [6.07, 6.45) is 0. The molecule has 0 saturated carbocycles. The summed E-state index contributed by atoms with van der Waals surface area (Å²) < 4.78 is 0. The number of hydrogen-bond acceptors (Lipinski definition) is 4. The number of halogens is 1. The molecule has 1 aromatic rings. The van der Waals surface area contributed by atoms with Crippen molar-refractivity contribution < 1.29 is 4.79 Å². The van der Waals surface area contributed by atoms with Gasteiger partial charge >= 0.3 is 0 Å². The summed E-state index contributed by atoms with van der Waals surface area (Å²) >= 11 is 1.69. The van der Waals surface area contributed by atoms with Gasteiger partial charge in [0.05, 0.1) is 12.2 Å². The molecule has 1 rings (SSSR count). The summed E-state index contributed by atoms with van der Waals surface area (Å²) in [5.41, 5.74) is 1.08. The third-order valence-corrected chi connectivity index (χ3v) is 4.02. The first kappa shape index (κ1) is 21.1. The molecule has 0 atom stereocenters. The average Bonchev–Trinajstić information content (AvgIpc) is 2.76. The van der Waals surface area contributed by atoms with E-state index in [1.807, 2.05) is 20.8 Å². The van der Waals surface area contributed by atoms with Gasteiger partial charge in [0.1, 0.15) is 5.01 Å². The predicted octanol–water partition coefficient (Wildman–Crippen LogP) is 1.82. The Morgan fingerprint density at radius 1 is 1.23 bits per heavy atom. The van der Waals surface area contributed by atoms with Crippen molar-refractivity contribution in [1.82, 2.24) is 20.9 Å². The Kier molecular flexibility index (Phi) is 10.3. The number of aromatic nitrogens is 1. The fourth-order valence-corrected chi connectivity index (χ4v) is 2.44. The van der Waals surface area contributed by atoms with Crippen LogP contribution in [0.2, 0.25) is 0 Å². The number of rotatable bonds is 6. The maximum Gasteiger partial charge on any atom is 0.222 e. The Labute approximate surface area is 153 Å². The molecule has 8 heteroatoms. The van der Waals surface area contributed by atoms with Crippen LogP contribution in [0.25, 0.3) is 0 Å². The number of nitrogens with one attached hydrogen (secondary N) is 3. The highest BCUT2D eigenvalue weighted by atomic mass is 127. The van der Waals surface area contributed by atoms with Gasteiger partial charge in [0.15, 0.2) is 5.96 Å². The van der Waals surface area contributed by atoms with Gasteiger partial charge in [-0.25, -0.2) is 4.98 Å². The molecule has 0 fully saturated rings. The molecular weight excluding hydrogens is 413 g/mol. The molecule has 3 N–H and O–H groups in total. The molecule has 0 aliphatic carbocycles. The van der Waals surface area contributed by atoms with Crippen molar-refractivity contribution >= 4 is 47.2 Å². The van der Waals surface area contributed by atoms with Gasteiger partial charge in [-0.15, -0.1) is 35.3 Å². The third kappa shape index (κ3) is 7.39. The minimum atomic E-state index is 0. The molecule has 0 spiro atoms. The Morgan fingerprint density at radius 2 is 1.86 bits per heavy atom. The van der Waals surface area contributed by atoms with E-state index >= 15 is 0 Å². The van der Waals surface area contributed by atoms with E-state index in [1.165, 1.54) is 4.88 Å².